The van der Waals surface area contributed by atoms with Gasteiger partial charge in [0.15, 0.2) is 0 Å². The lowest BCUT2D eigenvalue weighted by Crippen LogP contribution is -2.36. The smallest absolute Gasteiger partial charge is 0.0692 e. The van der Waals surface area contributed by atoms with E-state index in [0.717, 1.165) is 5.69 Å². The molecule has 13 heavy (non-hydrogen) atoms. The molecule has 0 saturated heterocycles. The first-order valence-electron chi connectivity index (χ1n) is 4.57. The molecule has 3 nitrogen and oxygen atoms in total. The van der Waals surface area contributed by atoms with Crippen LogP contribution in [0.25, 0.3) is 0 Å². The molecule has 1 aromatic heterocycles. The van der Waals surface area contributed by atoms with E-state index in [0.29, 0.717) is 12.8 Å². The van der Waals surface area contributed by atoms with Gasteiger partial charge in [-0.25, -0.2) is 0 Å². The molecule has 1 heterocycles. The van der Waals surface area contributed by atoms with Crippen LogP contribution in [0.4, 0.5) is 0 Å². The Bertz CT molecular complexity index is 238. The molecule has 2 atom stereocenters. The van der Waals surface area contributed by atoms with E-state index in [4.69, 9.17) is 5.73 Å². The van der Waals surface area contributed by atoms with Gasteiger partial charge in [-0.05, 0) is 18.6 Å². The van der Waals surface area contributed by atoms with Crippen molar-refractivity contribution in [3.05, 3.63) is 30.1 Å². The summed E-state index contributed by atoms with van der Waals surface area (Å²) in [5.74, 6) is 0. The second-order valence-electron chi connectivity index (χ2n) is 3.16. The zero-order valence-electron chi connectivity index (χ0n) is 7.85. The van der Waals surface area contributed by atoms with Crippen LogP contribution < -0.4 is 5.73 Å². The number of aliphatic hydroxyl groups excluding tert-OH is 1. The van der Waals surface area contributed by atoms with E-state index < -0.39 is 6.10 Å². The number of hydrogen-bond donors (Lipinski definition) is 2. The highest BCUT2D eigenvalue weighted by Crippen LogP contribution is 2.03. The summed E-state index contributed by atoms with van der Waals surface area (Å²) in [4.78, 5) is 4.14. The molecule has 0 radical (unpaired) electrons. The predicted octanol–water partition coefficient (Wildman–Crippen LogP) is 0.722. The van der Waals surface area contributed by atoms with Gasteiger partial charge in [0.1, 0.15) is 0 Å². The van der Waals surface area contributed by atoms with Crippen LogP contribution in [0.3, 0.4) is 0 Å². The van der Waals surface area contributed by atoms with Gasteiger partial charge in [-0.2, -0.15) is 0 Å². The second kappa shape index (κ2) is 4.94. The fourth-order valence-electron chi connectivity index (χ4n) is 1.20. The van der Waals surface area contributed by atoms with Gasteiger partial charge in [0.05, 0.1) is 6.10 Å². The molecule has 0 amide bonds. The topological polar surface area (TPSA) is 59.1 Å². The van der Waals surface area contributed by atoms with Gasteiger partial charge in [0.25, 0.3) is 0 Å². The van der Waals surface area contributed by atoms with Crippen LogP contribution in [-0.2, 0) is 6.42 Å². The third kappa shape index (κ3) is 3.13. The number of nitrogens with two attached hydrogens (primary N) is 1. The lowest BCUT2D eigenvalue weighted by molar-refractivity contribution is 0.139. The number of aliphatic hydroxyl groups is 1. The number of pyridine rings is 1. The van der Waals surface area contributed by atoms with Crippen molar-refractivity contribution >= 4 is 0 Å². The van der Waals surface area contributed by atoms with Crippen molar-refractivity contribution in [3.63, 3.8) is 0 Å². The number of nitrogens with zero attached hydrogens (tertiary/aromatic N) is 1. The third-order valence-electron chi connectivity index (χ3n) is 2.08. The highest BCUT2D eigenvalue weighted by Gasteiger charge is 2.12. The summed E-state index contributed by atoms with van der Waals surface area (Å²) in [6, 6.07) is 5.50. The second-order valence-corrected chi connectivity index (χ2v) is 3.16. The molecule has 0 fully saturated rings. The summed E-state index contributed by atoms with van der Waals surface area (Å²) < 4.78 is 0. The first-order valence-corrected chi connectivity index (χ1v) is 4.57. The first-order chi connectivity index (χ1) is 6.24. The largest absolute Gasteiger partial charge is 0.392 e. The van der Waals surface area contributed by atoms with Crippen LogP contribution in [0.15, 0.2) is 24.4 Å². The Kier molecular flexibility index (Phi) is 3.86. The molecule has 3 heteroatoms. The molecule has 0 spiro atoms. The van der Waals surface area contributed by atoms with Crippen LogP contribution >= 0.6 is 0 Å². The van der Waals surface area contributed by atoms with Crippen molar-refractivity contribution < 1.29 is 5.11 Å². The van der Waals surface area contributed by atoms with Crippen molar-refractivity contribution in [1.82, 2.24) is 4.98 Å². The quantitative estimate of drug-likeness (QED) is 0.718. The Hall–Kier alpha value is -0.930. The average Bonchev–Trinajstić information content (AvgIpc) is 2.18. The Morgan fingerprint density at radius 3 is 2.85 bits per heavy atom. The summed E-state index contributed by atoms with van der Waals surface area (Å²) in [5.41, 5.74) is 6.70. The summed E-state index contributed by atoms with van der Waals surface area (Å²) in [6.07, 6.45) is 2.63. The molecular formula is C10H16N2O. The molecule has 72 valence electrons. The van der Waals surface area contributed by atoms with E-state index in [1.165, 1.54) is 0 Å². The van der Waals surface area contributed by atoms with Gasteiger partial charge in [-0.3, -0.25) is 4.98 Å². The van der Waals surface area contributed by atoms with Gasteiger partial charge in [0.2, 0.25) is 0 Å². The average molecular weight is 180 g/mol. The van der Waals surface area contributed by atoms with Gasteiger partial charge in [-0.1, -0.05) is 13.0 Å². The normalized spacial score (nSPS) is 15.3. The Morgan fingerprint density at radius 2 is 2.31 bits per heavy atom. The maximum Gasteiger partial charge on any atom is 0.0692 e. The molecule has 1 aromatic rings. The minimum absolute atomic E-state index is 0.208. The molecule has 1 unspecified atom stereocenters. The van der Waals surface area contributed by atoms with Crippen molar-refractivity contribution in [1.29, 1.82) is 0 Å². The predicted molar refractivity (Wildman–Crippen MR) is 52.2 cm³/mol. The summed E-state index contributed by atoms with van der Waals surface area (Å²) in [7, 11) is 0. The maximum atomic E-state index is 9.43. The molecule has 0 saturated carbocycles. The number of hydrogen-bond acceptors (Lipinski definition) is 3. The minimum atomic E-state index is -0.429. The zero-order chi connectivity index (χ0) is 9.68. The molecule has 1 rings (SSSR count). The van der Waals surface area contributed by atoms with Crippen LogP contribution in [0, 0.1) is 0 Å². The number of rotatable bonds is 4. The molecule has 3 N–H and O–H groups in total. The van der Waals surface area contributed by atoms with Gasteiger partial charge in [-0.15, -0.1) is 0 Å². The number of aromatic nitrogens is 1. The summed E-state index contributed by atoms with van der Waals surface area (Å²) in [6.45, 7) is 1.92. The monoisotopic (exact) mass is 180 g/mol. The van der Waals surface area contributed by atoms with E-state index in [1.807, 2.05) is 25.1 Å². The third-order valence-corrected chi connectivity index (χ3v) is 2.08. The van der Waals surface area contributed by atoms with Crippen molar-refractivity contribution in [3.8, 4) is 0 Å². The molecular weight excluding hydrogens is 164 g/mol. The van der Waals surface area contributed by atoms with Gasteiger partial charge < -0.3 is 10.8 Å². The fourth-order valence-corrected chi connectivity index (χ4v) is 1.20. The standard InChI is InChI=1S/C10H16N2O/c1-2-10(13)9(11)7-8-5-3-4-6-12-8/h3-6,9-10,13H,2,7,11H2,1H3/t9?,10-/m0/s1. The molecule has 0 aromatic carbocycles. The van der Waals surface area contributed by atoms with E-state index >= 15 is 0 Å². The summed E-state index contributed by atoms with van der Waals surface area (Å²) in [5, 5.41) is 9.43. The fraction of sp³-hybridized carbons (Fsp3) is 0.500. The highest BCUT2D eigenvalue weighted by atomic mass is 16.3. The summed E-state index contributed by atoms with van der Waals surface area (Å²) >= 11 is 0. The van der Waals surface area contributed by atoms with E-state index in [1.54, 1.807) is 6.20 Å². The lowest BCUT2D eigenvalue weighted by Gasteiger charge is -2.16. The molecule has 0 aliphatic heterocycles. The Balaban J connectivity index is 2.50. The maximum absolute atomic E-state index is 9.43. The highest BCUT2D eigenvalue weighted by molar-refractivity contribution is 5.05. The van der Waals surface area contributed by atoms with E-state index in [9.17, 15) is 5.11 Å². The minimum Gasteiger partial charge on any atom is -0.392 e. The molecule has 0 aliphatic rings. The van der Waals surface area contributed by atoms with E-state index in [-0.39, 0.29) is 6.04 Å². The van der Waals surface area contributed by atoms with Gasteiger partial charge >= 0.3 is 0 Å². The molecule has 0 aliphatic carbocycles. The lowest BCUT2D eigenvalue weighted by atomic mass is 10.0. The SMILES string of the molecule is CC[C@H](O)C(N)Cc1ccccn1. The first kappa shape index (κ1) is 10.2. The van der Waals surface area contributed by atoms with Crippen LogP contribution in [0.1, 0.15) is 19.0 Å². The van der Waals surface area contributed by atoms with Gasteiger partial charge in [0, 0.05) is 24.4 Å². The van der Waals surface area contributed by atoms with Crippen LogP contribution in [0.5, 0.6) is 0 Å². The Labute approximate surface area is 78.6 Å². The zero-order valence-corrected chi connectivity index (χ0v) is 7.85. The van der Waals surface area contributed by atoms with E-state index in [2.05, 4.69) is 4.98 Å². The van der Waals surface area contributed by atoms with Crippen LogP contribution in [-0.4, -0.2) is 22.2 Å². The van der Waals surface area contributed by atoms with Crippen molar-refractivity contribution in [2.45, 2.75) is 31.9 Å². The Morgan fingerprint density at radius 1 is 1.54 bits per heavy atom. The van der Waals surface area contributed by atoms with Crippen molar-refractivity contribution in [2.24, 2.45) is 5.73 Å². The van der Waals surface area contributed by atoms with Crippen molar-refractivity contribution in [2.75, 3.05) is 0 Å². The van der Waals surface area contributed by atoms with Crippen LogP contribution in [0.2, 0.25) is 0 Å². The molecule has 0 bridgehead atoms.